The van der Waals surface area contributed by atoms with Gasteiger partial charge in [-0.15, -0.1) is 0 Å². The first kappa shape index (κ1) is 28.6. The Kier molecular flexibility index (Phi) is 8.67. The van der Waals surface area contributed by atoms with E-state index in [1.807, 2.05) is 0 Å². The van der Waals surface area contributed by atoms with E-state index in [0.29, 0.717) is 5.69 Å². The monoisotopic (exact) mass is 603 g/mol. The Morgan fingerprint density at radius 3 is 1.69 bits per heavy atom. The lowest BCUT2D eigenvalue weighted by Crippen LogP contribution is -2.27. The molecule has 0 radical (unpaired) electrons. The number of halogens is 4. The van der Waals surface area contributed by atoms with Crippen LogP contribution in [0.15, 0.2) is 60.9 Å². The maximum atomic E-state index is 12.9. The number of carbonyl (C=O) groups is 4. The van der Waals surface area contributed by atoms with Gasteiger partial charge in [-0.2, -0.15) is 0 Å². The van der Waals surface area contributed by atoms with Crippen molar-refractivity contribution in [2.75, 3.05) is 6.54 Å². The minimum Gasteiger partial charge on any atom is -0.350 e. The number of benzene rings is 2. The van der Waals surface area contributed by atoms with Crippen molar-refractivity contribution in [3.63, 3.8) is 0 Å². The summed E-state index contributed by atoms with van der Waals surface area (Å²) in [5.41, 5.74) is 1.55. The van der Waals surface area contributed by atoms with Gasteiger partial charge in [-0.1, -0.05) is 58.5 Å². The van der Waals surface area contributed by atoms with Gasteiger partial charge in [-0.25, -0.2) is 0 Å². The first-order valence-electron chi connectivity index (χ1n) is 11.6. The molecule has 39 heavy (non-hydrogen) atoms. The number of ketones is 3. The minimum absolute atomic E-state index is 0.0104. The van der Waals surface area contributed by atoms with E-state index in [0.717, 1.165) is 0 Å². The summed E-state index contributed by atoms with van der Waals surface area (Å²) in [5, 5.41) is 3.49. The van der Waals surface area contributed by atoms with Crippen LogP contribution in [0.25, 0.3) is 0 Å². The van der Waals surface area contributed by atoms with E-state index in [2.05, 4.69) is 5.32 Å². The van der Waals surface area contributed by atoms with Crippen molar-refractivity contribution in [1.82, 2.24) is 14.5 Å². The van der Waals surface area contributed by atoms with Gasteiger partial charge in [-0.05, 0) is 36.4 Å². The second-order valence-electron chi connectivity index (χ2n) is 8.74. The van der Waals surface area contributed by atoms with Gasteiger partial charge in [0, 0.05) is 61.7 Å². The van der Waals surface area contributed by atoms with E-state index in [-0.39, 0.29) is 78.4 Å². The van der Waals surface area contributed by atoms with E-state index in [9.17, 15) is 19.2 Å². The first-order chi connectivity index (χ1) is 18.5. The fourth-order valence-electron chi connectivity index (χ4n) is 4.06. The SMILES string of the molecule is Cn1cc(C(=O)c2cccc(Cl)c2Cl)cc1C(=O)CCNC(=O)c1cc(C(=O)c2cccc(Cl)c2Cl)cn1C. The average molecular weight is 605 g/mol. The van der Waals surface area contributed by atoms with Crippen molar-refractivity contribution in [2.24, 2.45) is 14.1 Å². The molecule has 0 aliphatic carbocycles. The van der Waals surface area contributed by atoms with E-state index in [1.54, 1.807) is 61.3 Å². The molecule has 0 unspecified atom stereocenters. The number of amides is 1. The zero-order chi connectivity index (χ0) is 28.4. The van der Waals surface area contributed by atoms with Gasteiger partial charge >= 0.3 is 0 Å². The van der Waals surface area contributed by atoms with Gasteiger partial charge in [0.1, 0.15) is 5.69 Å². The van der Waals surface area contributed by atoms with Crippen molar-refractivity contribution in [3.8, 4) is 0 Å². The molecule has 0 spiro atoms. The summed E-state index contributed by atoms with van der Waals surface area (Å²) in [5.74, 6) is -1.47. The van der Waals surface area contributed by atoms with Gasteiger partial charge in [0.2, 0.25) is 0 Å². The Balaban J connectivity index is 1.40. The predicted molar refractivity (Wildman–Crippen MR) is 152 cm³/mol. The Bertz CT molecular complexity index is 1520. The largest absolute Gasteiger partial charge is 0.350 e. The Labute approximate surface area is 244 Å². The lowest BCUT2D eigenvalue weighted by Gasteiger charge is -2.06. The molecule has 1 amide bonds. The standard InChI is InChI=1S/C28H21Cl4N3O4/c1-34-13-15(26(37)17-5-3-7-19(29)24(17)31)11-21(34)23(36)9-10-33-28(39)22-12-16(14-35(22)2)27(38)18-6-4-8-20(30)25(18)32/h3-8,11-14H,9-10H2,1-2H3,(H,33,39). The molecule has 2 aromatic heterocycles. The molecule has 2 aromatic carbocycles. The molecule has 0 saturated carbocycles. The number of aryl methyl sites for hydroxylation is 2. The lowest BCUT2D eigenvalue weighted by molar-refractivity contribution is 0.0931. The number of aromatic nitrogens is 2. The molecular weight excluding hydrogens is 584 g/mol. The molecule has 7 nitrogen and oxygen atoms in total. The van der Waals surface area contributed by atoms with E-state index in [4.69, 9.17) is 46.4 Å². The van der Waals surface area contributed by atoms with Crippen molar-refractivity contribution in [2.45, 2.75) is 6.42 Å². The van der Waals surface area contributed by atoms with Crippen molar-refractivity contribution in [3.05, 3.63) is 115 Å². The molecule has 0 aliphatic heterocycles. The van der Waals surface area contributed by atoms with E-state index >= 15 is 0 Å². The fourth-order valence-corrected chi connectivity index (χ4v) is 4.83. The van der Waals surface area contributed by atoms with Gasteiger partial charge in [0.15, 0.2) is 17.3 Å². The maximum Gasteiger partial charge on any atom is 0.267 e. The third-order valence-corrected chi connectivity index (χ3v) is 7.72. The molecule has 200 valence electrons. The Morgan fingerprint density at radius 2 is 1.18 bits per heavy atom. The summed E-state index contributed by atoms with van der Waals surface area (Å²) in [6.07, 6.45) is 3.05. The van der Waals surface area contributed by atoms with Crippen LogP contribution in [0.4, 0.5) is 0 Å². The molecule has 4 aromatic rings. The van der Waals surface area contributed by atoms with Crippen LogP contribution >= 0.6 is 46.4 Å². The number of hydrogen-bond acceptors (Lipinski definition) is 4. The van der Waals surface area contributed by atoms with Crippen LogP contribution in [0.1, 0.15) is 59.2 Å². The molecule has 2 heterocycles. The highest BCUT2D eigenvalue weighted by molar-refractivity contribution is 6.45. The predicted octanol–water partition coefficient (Wildman–Crippen LogP) is 6.44. The van der Waals surface area contributed by atoms with Crippen LogP contribution in [-0.2, 0) is 14.1 Å². The van der Waals surface area contributed by atoms with Crippen LogP contribution in [-0.4, -0.2) is 38.9 Å². The second kappa shape index (κ2) is 11.8. The number of Topliss-reactive ketones (excluding diaryl/α,β-unsaturated/α-hetero) is 1. The topological polar surface area (TPSA) is 90.2 Å². The maximum absolute atomic E-state index is 12.9. The van der Waals surface area contributed by atoms with Crippen LogP contribution in [0.5, 0.6) is 0 Å². The van der Waals surface area contributed by atoms with Crippen molar-refractivity contribution in [1.29, 1.82) is 0 Å². The summed E-state index contributed by atoms with van der Waals surface area (Å²) in [6.45, 7) is 0.0425. The lowest BCUT2D eigenvalue weighted by atomic mass is 10.1. The van der Waals surface area contributed by atoms with Crippen LogP contribution in [0, 0.1) is 0 Å². The Hall–Kier alpha value is -3.36. The van der Waals surface area contributed by atoms with E-state index in [1.165, 1.54) is 22.9 Å². The molecule has 0 atom stereocenters. The summed E-state index contributed by atoms with van der Waals surface area (Å²) in [4.78, 5) is 51.4. The molecule has 0 saturated heterocycles. The molecule has 0 fully saturated rings. The molecule has 0 aliphatic rings. The van der Waals surface area contributed by atoms with Gasteiger partial charge in [0.25, 0.3) is 5.91 Å². The smallest absolute Gasteiger partial charge is 0.267 e. The quantitative estimate of drug-likeness (QED) is 0.223. The minimum atomic E-state index is -0.458. The fraction of sp³-hybridized carbons (Fsp3) is 0.143. The highest BCUT2D eigenvalue weighted by Crippen LogP contribution is 2.29. The van der Waals surface area contributed by atoms with Gasteiger partial charge in [0.05, 0.1) is 25.8 Å². The highest BCUT2D eigenvalue weighted by atomic mass is 35.5. The average Bonchev–Trinajstić information content (AvgIpc) is 3.49. The van der Waals surface area contributed by atoms with Crippen molar-refractivity contribution < 1.29 is 19.2 Å². The highest BCUT2D eigenvalue weighted by Gasteiger charge is 2.22. The molecule has 11 heteroatoms. The molecular formula is C28H21Cl4N3O4. The number of nitrogens with one attached hydrogen (secondary N) is 1. The Morgan fingerprint density at radius 1 is 0.718 bits per heavy atom. The summed E-state index contributed by atoms with van der Waals surface area (Å²) in [6, 6.07) is 12.5. The number of hydrogen-bond donors (Lipinski definition) is 1. The summed E-state index contributed by atoms with van der Waals surface area (Å²) in [7, 11) is 3.28. The number of nitrogens with zero attached hydrogens (tertiary/aromatic N) is 2. The van der Waals surface area contributed by atoms with Crippen LogP contribution in [0.2, 0.25) is 20.1 Å². The van der Waals surface area contributed by atoms with Gasteiger partial charge < -0.3 is 14.5 Å². The second-order valence-corrected chi connectivity index (χ2v) is 10.3. The van der Waals surface area contributed by atoms with Crippen molar-refractivity contribution >= 4 is 69.7 Å². The van der Waals surface area contributed by atoms with Gasteiger partial charge in [-0.3, -0.25) is 19.2 Å². The van der Waals surface area contributed by atoms with Crippen LogP contribution in [0.3, 0.4) is 0 Å². The third kappa shape index (κ3) is 5.97. The zero-order valence-corrected chi connectivity index (χ0v) is 23.8. The first-order valence-corrected chi connectivity index (χ1v) is 13.1. The summed E-state index contributed by atoms with van der Waals surface area (Å²) < 4.78 is 3.06. The normalized spacial score (nSPS) is 10.9. The van der Waals surface area contributed by atoms with E-state index < -0.39 is 5.91 Å². The molecule has 1 N–H and O–H groups in total. The summed E-state index contributed by atoms with van der Waals surface area (Å²) >= 11 is 24.4. The zero-order valence-electron chi connectivity index (χ0n) is 20.7. The molecule has 0 bridgehead atoms. The molecule has 4 rings (SSSR count). The number of rotatable bonds is 9. The third-order valence-electron chi connectivity index (χ3n) is 6.08. The van der Waals surface area contributed by atoms with Crippen LogP contribution < -0.4 is 5.32 Å². The number of carbonyl (C=O) groups excluding carboxylic acids is 4.